The number of para-hydroxylation sites is 4. The zero-order valence-corrected chi connectivity index (χ0v) is 37.8. The Kier molecular flexibility index (Phi) is 9.14. The molecule has 0 unspecified atom stereocenters. The van der Waals surface area contributed by atoms with Crippen molar-refractivity contribution in [1.29, 1.82) is 0 Å². The first-order valence-corrected chi connectivity index (χ1v) is 23.7. The average molecular weight is 893 g/mol. The van der Waals surface area contributed by atoms with Crippen LogP contribution in [0.4, 0.5) is 0 Å². The standard InChI is InChI=1S/C65H40N4O/c1-3-18-41(19-4-1)64-53-39-60-63(52-31-10-14-35-59(52)70-60)61(62(53)51-30-7-11-32-54(51)66-64)47-26-16-23-44(37-47)43-22-15-24-45(36-43)55-40-56(68-65(67-55)42-20-5-2-6-21-42)46-25-17-27-48(38-46)69-57-33-12-8-28-49(57)50-29-9-13-34-58(50)69/h1-40H. The van der Waals surface area contributed by atoms with E-state index >= 15 is 0 Å². The summed E-state index contributed by atoms with van der Waals surface area (Å²) in [6.07, 6.45) is 0. The first kappa shape index (κ1) is 39.7. The highest BCUT2D eigenvalue weighted by molar-refractivity contribution is 6.28. The Morgan fingerprint density at radius 3 is 1.56 bits per heavy atom. The van der Waals surface area contributed by atoms with Gasteiger partial charge in [-0.05, 0) is 77.4 Å². The summed E-state index contributed by atoms with van der Waals surface area (Å²) in [5.74, 6) is 0.673. The minimum absolute atomic E-state index is 0.673. The van der Waals surface area contributed by atoms with Crippen molar-refractivity contribution in [2.24, 2.45) is 0 Å². The lowest BCUT2D eigenvalue weighted by Crippen LogP contribution is -1.98. The number of aromatic nitrogens is 4. The van der Waals surface area contributed by atoms with Gasteiger partial charge in [0.15, 0.2) is 5.82 Å². The Morgan fingerprint density at radius 1 is 0.314 bits per heavy atom. The first-order chi connectivity index (χ1) is 34.7. The molecule has 0 spiro atoms. The molecule has 0 saturated heterocycles. The van der Waals surface area contributed by atoms with E-state index in [2.05, 4.69) is 223 Å². The number of nitrogens with zero attached hydrogens (tertiary/aromatic N) is 4. The van der Waals surface area contributed by atoms with Crippen molar-refractivity contribution in [1.82, 2.24) is 19.5 Å². The number of fused-ring (bicyclic) bond motifs is 9. The van der Waals surface area contributed by atoms with Crippen LogP contribution in [0.2, 0.25) is 0 Å². The van der Waals surface area contributed by atoms with Crippen LogP contribution in [0.15, 0.2) is 247 Å². The van der Waals surface area contributed by atoms with E-state index in [4.69, 9.17) is 19.4 Å². The van der Waals surface area contributed by atoms with Crippen LogP contribution in [0.1, 0.15) is 0 Å². The Hall–Kier alpha value is -9.45. The molecule has 0 aliphatic heterocycles. The Morgan fingerprint density at radius 2 is 0.843 bits per heavy atom. The highest BCUT2D eigenvalue weighted by Crippen LogP contribution is 2.47. The second kappa shape index (κ2) is 16.1. The number of hydrogen-bond donors (Lipinski definition) is 0. The molecule has 0 radical (unpaired) electrons. The highest BCUT2D eigenvalue weighted by atomic mass is 16.3. The molecule has 326 valence electrons. The van der Waals surface area contributed by atoms with Crippen molar-refractivity contribution in [2.75, 3.05) is 0 Å². The molecule has 5 heteroatoms. The van der Waals surface area contributed by atoms with Crippen LogP contribution < -0.4 is 0 Å². The molecule has 0 atom stereocenters. The van der Waals surface area contributed by atoms with E-state index < -0.39 is 0 Å². The van der Waals surface area contributed by atoms with Crippen LogP contribution in [0.3, 0.4) is 0 Å². The van der Waals surface area contributed by atoms with Gasteiger partial charge in [0.25, 0.3) is 0 Å². The molecule has 0 fully saturated rings. The van der Waals surface area contributed by atoms with Gasteiger partial charge >= 0.3 is 0 Å². The quantitative estimate of drug-likeness (QED) is 0.150. The van der Waals surface area contributed by atoms with E-state index in [1.807, 2.05) is 24.3 Å². The van der Waals surface area contributed by atoms with Crippen LogP contribution in [0.5, 0.6) is 0 Å². The summed E-state index contributed by atoms with van der Waals surface area (Å²) in [5.41, 5.74) is 17.1. The largest absolute Gasteiger partial charge is 0.456 e. The number of benzene rings is 10. The maximum Gasteiger partial charge on any atom is 0.160 e. The molecular formula is C65H40N4O. The Bertz CT molecular complexity index is 4310. The average Bonchev–Trinajstić information content (AvgIpc) is 3.98. The van der Waals surface area contributed by atoms with E-state index in [0.29, 0.717) is 5.82 Å². The molecule has 70 heavy (non-hydrogen) atoms. The lowest BCUT2D eigenvalue weighted by molar-refractivity contribution is 0.669. The topological polar surface area (TPSA) is 56.7 Å². The third-order valence-electron chi connectivity index (χ3n) is 13.8. The molecule has 10 aromatic carbocycles. The van der Waals surface area contributed by atoms with Gasteiger partial charge < -0.3 is 8.98 Å². The van der Waals surface area contributed by atoms with Crippen LogP contribution >= 0.6 is 0 Å². The Labute approximate surface area is 403 Å². The van der Waals surface area contributed by atoms with E-state index in [1.54, 1.807) is 0 Å². The number of hydrogen-bond acceptors (Lipinski definition) is 4. The fraction of sp³-hybridized carbons (Fsp3) is 0. The van der Waals surface area contributed by atoms with E-state index in [9.17, 15) is 0 Å². The monoisotopic (exact) mass is 892 g/mol. The third-order valence-corrected chi connectivity index (χ3v) is 13.8. The SMILES string of the molecule is c1ccc(-c2nc(-c3cccc(-c4cccc(-c5c6c(cc7c(-c8ccccc8)nc8ccccc8c57)oc5ccccc56)c4)c3)cc(-c3cccc(-n4c5ccccc5c5ccccc54)c3)n2)cc1. The van der Waals surface area contributed by atoms with Gasteiger partial charge in [-0.15, -0.1) is 0 Å². The van der Waals surface area contributed by atoms with Gasteiger partial charge in [-0.25, -0.2) is 15.0 Å². The zero-order chi connectivity index (χ0) is 46.1. The van der Waals surface area contributed by atoms with Crippen LogP contribution in [-0.2, 0) is 0 Å². The van der Waals surface area contributed by atoms with Gasteiger partial charge in [-0.1, -0.05) is 182 Å². The molecule has 0 aliphatic rings. The van der Waals surface area contributed by atoms with E-state index in [1.165, 1.54) is 21.8 Å². The van der Waals surface area contributed by atoms with Crippen molar-refractivity contribution in [3.63, 3.8) is 0 Å². The van der Waals surface area contributed by atoms with Crippen LogP contribution in [-0.4, -0.2) is 19.5 Å². The molecule has 14 rings (SSSR count). The van der Waals surface area contributed by atoms with Crippen molar-refractivity contribution in [2.45, 2.75) is 0 Å². The number of pyridine rings is 1. The van der Waals surface area contributed by atoms with Gasteiger partial charge in [-0.2, -0.15) is 0 Å². The maximum atomic E-state index is 6.71. The molecule has 0 amide bonds. The molecule has 4 aromatic heterocycles. The fourth-order valence-corrected chi connectivity index (χ4v) is 10.6. The maximum absolute atomic E-state index is 6.71. The zero-order valence-electron chi connectivity index (χ0n) is 37.8. The Balaban J connectivity index is 0.936. The predicted octanol–water partition coefficient (Wildman–Crippen LogP) is 17.2. The van der Waals surface area contributed by atoms with Gasteiger partial charge in [0.2, 0.25) is 0 Å². The minimum Gasteiger partial charge on any atom is -0.456 e. The fourth-order valence-electron chi connectivity index (χ4n) is 10.6. The van der Waals surface area contributed by atoms with Crippen LogP contribution in [0.25, 0.3) is 139 Å². The summed E-state index contributed by atoms with van der Waals surface area (Å²) >= 11 is 0. The van der Waals surface area contributed by atoms with Gasteiger partial charge in [0, 0.05) is 71.2 Å². The van der Waals surface area contributed by atoms with Crippen molar-refractivity contribution >= 4 is 65.4 Å². The predicted molar refractivity (Wildman–Crippen MR) is 289 cm³/mol. The molecule has 0 bridgehead atoms. The van der Waals surface area contributed by atoms with Crippen molar-refractivity contribution in [3.8, 4) is 73.1 Å². The molecule has 0 saturated carbocycles. The second-order valence-corrected chi connectivity index (χ2v) is 17.9. The lowest BCUT2D eigenvalue weighted by atomic mass is 9.88. The minimum atomic E-state index is 0.673. The molecule has 0 aliphatic carbocycles. The molecule has 5 nitrogen and oxygen atoms in total. The molecular weight excluding hydrogens is 853 g/mol. The van der Waals surface area contributed by atoms with Crippen molar-refractivity contribution in [3.05, 3.63) is 243 Å². The normalized spacial score (nSPS) is 11.7. The summed E-state index contributed by atoms with van der Waals surface area (Å²) in [6, 6.07) is 85.6. The third kappa shape index (κ3) is 6.51. The summed E-state index contributed by atoms with van der Waals surface area (Å²) in [4.78, 5) is 15.8. The summed E-state index contributed by atoms with van der Waals surface area (Å²) in [6.45, 7) is 0. The van der Waals surface area contributed by atoms with Gasteiger partial charge in [0.05, 0.1) is 33.6 Å². The molecule has 4 heterocycles. The highest BCUT2D eigenvalue weighted by Gasteiger charge is 2.22. The van der Waals surface area contributed by atoms with Gasteiger partial charge in [0.1, 0.15) is 11.2 Å². The molecule has 0 N–H and O–H groups in total. The number of furan rings is 1. The van der Waals surface area contributed by atoms with Crippen LogP contribution in [0, 0.1) is 0 Å². The van der Waals surface area contributed by atoms with Crippen molar-refractivity contribution < 1.29 is 4.42 Å². The summed E-state index contributed by atoms with van der Waals surface area (Å²) < 4.78 is 9.06. The smallest absolute Gasteiger partial charge is 0.160 e. The van der Waals surface area contributed by atoms with E-state index in [-0.39, 0.29) is 0 Å². The summed E-state index contributed by atoms with van der Waals surface area (Å²) in [5, 5.41) is 7.93. The second-order valence-electron chi connectivity index (χ2n) is 17.9. The first-order valence-electron chi connectivity index (χ1n) is 23.7. The van der Waals surface area contributed by atoms with Gasteiger partial charge in [-0.3, -0.25) is 0 Å². The number of rotatable bonds is 7. The lowest BCUT2D eigenvalue weighted by Gasteiger charge is -2.16. The van der Waals surface area contributed by atoms with E-state index in [0.717, 1.165) is 111 Å². The summed E-state index contributed by atoms with van der Waals surface area (Å²) in [7, 11) is 0. The molecule has 14 aromatic rings.